The van der Waals surface area contributed by atoms with Crippen molar-refractivity contribution in [3.05, 3.63) is 182 Å². The molecule has 0 spiro atoms. The van der Waals surface area contributed by atoms with Gasteiger partial charge in [0.15, 0.2) is 0 Å². The highest BCUT2D eigenvalue weighted by atomic mass is 15.2. The first-order valence-corrected chi connectivity index (χ1v) is 16.8. The van der Waals surface area contributed by atoms with E-state index in [0.29, 0.717) is 0 Å². The van der Waals surface area contributed by atoms with Gasteiger partial charge in [-0.2, -0.15) is 0 Å². The van der Waals surface area contributed by atoms with Crippen LogP contribution in [0.5, 0.6) is 0 Å². The molecule has 2 heteroatoms. The quantitative estimate of drug-likeness (QED) is 0.190. The highest BCUT2D eigenvalue weighted by Gasteiger charge is 2.32. The fourth-order valence-corrected chi connectivity index (χ4v) is 7.99. The third-order valence-corrected chi connectivity index (χ3v) is 10.0. The monoisotopic (exact) mass is 622 g/mol. The van der Waals surface area contributed by atoms with Crippen molar-refractivity contribution in [2.24, 2.45) is 0 Å². The number of aromatic nitrogens is 1. The molecule has 0 saturated heterocycles. The summed E-state index contributed by atoms with van der Waals surface area (Å²) in [7, 11) is 0. The largest absolute Gasteiger partial charge is 0.294 e. The van der Waals surface area contributed by atoms with Crippen LogP contribution < -0.4 is 4.90 Å². The van der Waals surface area contributed by atoms with Crippen LogP contribution in [-0.2, 0) is 0 Å². The molecule has 10 rings (SSSR count). The standard InChI is InChI=1S/C47H30N2/c1-3-15-32(16-4-1)43-36-20-9-10-21-37(36)44(33-17-5-2-6-18-33)47-40-27-28-41(38-22-13-23-39(45(38)40)46(43)47)49(42-24-11-12-29-48-42)35-26-25-31-14-7-8-19-34(31)30-35/h1-30H. The van der Waals surface area contributed by atoms with Gasteiger partial charge < -0.3 is 0 Å². The van der Waals surface area contributed by atoms with Crippen LogP contribution in [0.25, 0.3) is 76.8 Å². The number of hydrogen-bond donors (Lipinski definition) is 0. The summed E-state index contributed by atoms with van der Waals surface area (Å²) >= 11 is 0. The molecule has 9 aromatic rings. The van der Waals surface area contributed by atoms with Crippen molar-refractivity contribution in [2.45, 2.75) is 0 Å². The maximum absolute atomic E-state index is 4.89. The summed E-state index contributed by atoms with van der Waals surface area (Å²) in [5, 5.41) is 7.43. The van der Waals surface area contributed by atoms with Crippen LogP contribution in [-0.4, -0.2) is 4.98 Å². The fraction of sp³-hybridized carbons (Fsp3) is 0. The summed E-state index contributed by atoms with van der Waals surface area (Å²) < 4.78 is 0. The highest BCUT2D eigenvalue weighted by Crippen LogP contribution is 2.59. The zero-order chi connectivity index (χ0) is 32.3. The van der Waals surface area contributed by atoms with Crippen molar-refractivity contribution < 1.29 is 0 Å². The SMILES string of the molecule is c1ccc(-c2c3c(c(-c4ccccc4)c4ccccc24)-c2ccc(N(c4ccc5ccccc5c4)c4ccccn4)c4cccc-3c24)cc1. The average Bonchev–Trinajstić information content (AvgIpc) is 3.50. The molecule has 0 N–H and O–H groups in total. The van der Waals surface area contributed by atoms with Crippen LogP contribution in [0.3, 0.4) is 0 Å². The van der Waals surface area contributed by atoms with Gasteiger partial charge in [0.25, 0.3) is 0 Å². The van der Waals surface area contributed by atoms with Crippen LogP contribution in [0.2, 0.25) is 0 Å². The third-order valence-electron chi connectivity index (χ3n) is 10.0. The average molecular weight is 623 g/mol. The Kier molecular flexibility index (Phi) is 6.22. The zero-order valence-corrected chi connectivity index (χ0v) is 26.7. The third kappa shape index (κ3) is 4.24. The van der Waals surface area contributed by atoms with Crippen molar-refractivity contribution in [1.82, 2.24) is 4.98 Å². The minimum atomic E-state index is 0.884. The second kappa shape index (κ2) is 11.0. The van der Waals surface area contributed by atoms with E-state index in [-0.39, 0.29) is 0 Å². The normalized spacial score (nSPS) is 11.7. The van der Waals surface area contributed by atoms with Gasteiger partial charge in [-0.25, -0.2) is 4.98 Å². The van der Waals surface area contributed by atoms with Crippen LogP contribution in [0.4, 0.5) is 17.2 Å². The van der Waals surface area contributed by atoms with Crippen molar-refractivity contribution >= 4 is 49.5 Å². The van der Waals surface area contributed by atoms with E-state index >= 15 is 0 Å². The summed E-state index contributed by atoms with van der Waals surface area (Å²) in [5.74, 6) is 0.884. The minimum Gasteiger partial charge on any atom is -0.294 e. The van der Waals surface area contributed by atoms with E-state index in [9.17, 15) is 0 Å². The second-order valence-electron chi connectivity index (χ2n) is 12.7. The molecule has 1 aliphatic carbocycles. The summed E-state index contributed by atoms with van der Waals surface area (Å²) in [6.45, 7) is 0. The van der Waals surface area contributed by atoms with Gasteiger partial charge in [-0.05, 0) is 102 Å². The van der Waals surface area contributed by atoms with E-state index in [1.807, 2.05) is 12.3 Å². The molecule has 0 saturated carbocycles. The maximum Gasteiger partial charge on any atom is 0.137 e. The number of pyridine rings is 1. The van der Waals surface area contributed by atoms with Gasteiger partial charge in [0.2, 0.25) is 0 Å². The molecule has 0 fully saturated rings. The molecule has 8 aromatic carbocycles. The molecule has 2 nitrogen and oxygen atoms in total. The van der Waals surface area contributed by atoms with E-state index in [2.05, 4.69) is 175 Å². The number of hydrogen-bond acceptors (Lipinski definition) is 2. The Balaban J connectivity index is 1.32. The van der Waals surface area contributed by atoms with Gasteiger partial charge in [0.1, 0.15) is 5.82 Å². The van der Waals surface area contributed by atoms with E-state index in [1.54, 1.807) is 0 Å². The molecule has 1 aromatic heterocycles. The van der Waals surface area contributed by atoms with Crippen LogP contribution in [0.1, 0.15) is 0 Å². The number of fused-ring (bicyclic) bond motifs is 5. The van der Waals surface area contributed by atoms with Gasteiger partial charge in [-0.1, -0.05) is 146 Å². The number of anilines is 3. The first-order valence-electron chi connectivity index (χ1n) is 16.8. The molecule has 0 bridgehead atoms. The molecule has 228 valence electrons. The predicted octanol–water partition coefficient (Wildman–Crippen LogP) is 13.0. The predicted molar refractivity (Wildman–Crippen MR) is 207 cm³/mol. The van der Waals surface area contributed by atoms with Gasteiger partial charge in [-0.15, -0.1) is 0 Å². The number of nitrogens with zero attached hydrogens (tertiary/aromatic N) is 2. The summed E-state index contributed by atoms with van der Waals surface area (Å²) in [6, 6.07) is 63.6. The lowest BCUT2D eigenvalue weighted by atomic mass is 9.82. The van der Waals surface area contributed by atoms with Gasteiger partial charge >= 0.3 is 0 Å². The zero-order valence-electron chi connectivity index (χ0n) is 26.7. The Morgan fingerprint density at radius 1 is 0.388 bits per heavy atom. The Bertz CT molecular complexity index is 2610. The Morgan fingerprint density at radius 2 is 0.980 bits per heavy atom. The number of rotatable bonds is 5. The molecule has 0 amide bonds. The lowest BCUT2D eigenvalue weighted by molar-refractivity contribution is 1.19. The van der Waals surface area contributed by atoms with E-state index in [0.717, 1.165) is 17.2 Å². The first-order chi connectivity index (χ1) is 24.3. The van der Waals surface area contributed by atoms with Gasteiger partial charge in [0.05, 0.1) is 5.69 Å². The van der Waals surface area contributed by atoms with E-state index in [4.69, 9.17) is 4.98 Å². The van der Waals surface area contributed by atoms with Crippen LogP contribution >= 0.6 is 0 Å². The Hall–Kier alpha value is -6.51. The first kappa shape index (κ1) is 27.6. The Labute approximate surface area is 285 Å². The van der Waals surface area contributed by atoms with E-state index < -0.39 is 0 Å². The summed E-state index contributed by atoms with van der Waals surface area (Å²) in [6.07, 6.45) is 1.88. The van der Waals surface area contributed by atoms with Gasteiger partial charge in [-0.3, -0.25) is 4.90 Å². The fourth-order valence-electron chi connectivity index (χ4n) is 7.99. The highest BCUT2D eigenvalue weighted by molar-refractivity contribution is 6.29. The maximum atomic E-state index is 4.89. The molecule has 1 heterocycles. The lowest BCUT2D eigenvalue weighted by Crippen LogP contribution is -2.12. The second-order valence-corrected chi connectivity index (χ2v) is 12.7. The molecule has 0 atom stereocenters. The topological polar surface area (TPSA) is 16.1 Å². The van der Waals surface area contributed by atoms with Crippen LogP contribution in [0, 0.1) is 0 Å². The summed E-state index contributed by atoms with van der Waals surface area (Å²) in [5.41, 5.74) is 12.4. The molecule has 1 aliphatic rings. The smallest absolute Gasteiger partial charge is 0.137 e. The van der Waals surface area contributed by atoms with Crippen molar-refractivity contribution in [3.8, 4) is 44.5 Å². The molecule has 0 aliphatic heterocycles. The molecule has 0 unspecified atom stereocenters. The summed E-state index contributed by atoms with van der Waals surface area (Å²) in [4.78, 5) is 7.20. The van der Waals surface area contributed by atoms with Gasteiger partial charge in [0, 0.05) is 17.3 Å². The molecular formula is C47H30N2. The molecule has 49 heavy (non-hydrogen) atoms. The van der Waals surface area contributed by atoms with Crippen LogP contribution in [0.15, 0.2) is 182 Å². The lowest BCUT2D eigenvalue weighted by Gasteiger charge is -2.26. The van der Waals surface area contributed by atoms with E-state index in [1.165, 1.54) is 76.8 Å². The molecular weight excluding hydrogens is 593 g/mol. The number of benzene rings is 8. The van der Waals surface area contributed by atoms with Crippen molar-refractivity contribution in [1.29, 1.82) is 0 Å². The van der Waals surface area contributed by atoms with Crippen molar-refractivity contribution in [3.63, 3.8) is 0 Å². The Morgan fingerprint density at radius 3 is 1.65 bits per heavy atom. The minimum absolute atomic E-state index is 0.884. The molecule has 0 radical (unpaired) electrons. The van der Waals surface area contributed by atoms with Crippen molar-refractivity contribution in [2.75, 3.05) is 4.90 Å².